The molecule has 0 spiro atoms. The molecule has 3 heterocycles. The zero-order valence-corrected chi connectivity index (χ0v) is 18.2. The molecule has 1 saturated carbocycles. The van der Waals surface area contributed by atoms with Gasteiger partial charge in [-0.05, 0) is 31.0 Å². The number of rotatable bonds is 5. The summed E-state index contributed by atoms with van der Waals surface area (Å²) in [5.74, 6) is -0.112. The van der Waals surface area contributed by atoms with Gasteiger partial charge in [-0.2, -0.15) is 0 Å². The third kappa shape index (κ3) is 5.07. The van der Waals surface area contributed by atoms with Gasteiger partial charge in [0, 0.05) is 37.4 Å². The highest BCUT2D eigenvalue weighted by Gasteiger charge is 2.40. The lowest BCUT2D eigenvalue weighted by atomic mass is 10.1. The monoisotopic (exact) mass is 476 g/mol. The lowest BCUT2D eigenvalue weighted by Crippen LogP contribution is -2.40. The second-order valence-electron chi connectivity index (χ2n) is 8.81. The number of benzene rings is 1. The van der Waals surface area contributed by atoms with Crippen LogP contribution in [0.15, 0.2) is 36.7 Å². The molecule has 1 aliphatic carbocycles. The van der Waals surface area contributed by atoms with Crippen molar-refractivity contribution in [3.8, 4) is 11.6 Å². The van der Waals surface area contributed by atoms with Crippen molar-refractivity contribution in [1.82, 2.24) is 19.8 Å². The highest BCUT2D eigenvalue weighted by molar-refractivity contribution is 5.95. The van der Waals surface area contributed by atoms with E-state index in [-0.39, 0.29) is 43.1 Å². The Kier molecular flexibility index (Phi) is 5.78. The maximum absolute atomic E-state index is 13.0. The molecule has 2 atom stereocenters. The predicted octanol–water partition coefficient (Wildman–Crippen LogP) is 3.15. The van der Waals surface area contributed by atoms with Crippen molar-refractivity contribution in [2.45, 2.75) is 50.1 Å². The summed E-state index contributed by atoms with van der Waals surface area (Å²) in [6.07, 6.45) is 1.10. The molecule has 3 fully saturated rings. The minimum atomic E-state index is -4.85. The summed E-state index contributed by atoms with van der Waals surface area (Å²) in [7, 11) is 0. The first kappa shape index (κ1) is 22.4. The van der Waals surface area contributed by atoms with Crippen LogP contribution < -0.4 is 9.47 Å². The standard InChI is InChI=1S/C23H23F3N4O4/c24-23(25,26)34-17-3-1-2-15(8-17)22(32)29-7-6-21(31)30-13-18(9-16(30)12-29)33-20-11-27-19(10-28-20)14-4-5-14/h1-3,8,10-11,14,16,18H,4-7,9,12-13H2/t16-,18-/m0/s1. The van der Waals surface area contributed by atoms with E-state index in [9.17, 15) is 22.8 Å². The van der Waals surface area contributed by atoms with Crippen molar-refractivity contribution in [2.75, 3.05) is 19.6 Å². The molecule has 34 heavy (non-hydrogen) atoms. The van der Waals surface area contributed by atoms with Crippen molar-refractivity contribution >= 4 is 11.8 Å². The molecule has 11 heteroatoms. The Morgan fingerprint density at radius 2 is 1.94 bits per heavy atom. The number of fused-ring (bicyclic) bond motifs is 1. The fourth-order valence-corrected chi connectivity index (χ4v) is 4.50. The number of nitrogens with zero attached hydrogens (tertiary/aromatic N) is 4. The van der Waals surface area contributed by atoms with Crippen molar-refractivity contribution < 1.29 is 32.2 Å². The highest BCUT2D eigenvalue weighted by atomic mass is 19.4. The van der Waals surface area contributed by atoms with Crippen LogP contribution in [-0.2, 0) is 4.79 Å². The van der Waals surface area contributed by atoms with Crippen molar-refractivity contribution in [3.63, 3.8) is 0 Å². The normalized spacial score (nSPS) is 22.9. The van der Waals surface area contributed by atoms with E-state index in [4.69, 9.17) is 4.74 Å². The second kappa shape index (κ2) is 8.77. The lowest BCUT2D eigenvalue weighted by Gasteiger charge is -2.25. The van der Waals surface area contributed by atoms with Crippen LogP contribution in [0.2, 0.25) is 0 Å². The van der Waals surface area contributed by atoms with E-state index in [0.29, 0.717) is 24.8 Å². The maximum atomic E-state index is 13.0. The summed E-state index contributed by atoms with van der Waals surface area (Å²) in [5, 5.41) is 0. The highest BCUT2D eigenvalue weighted by Crippen LogP contribution is 2.38. The Labute approximate surface area is 193 Å². The van der Waals surface area contributed by atoms with Gasteiger partial charge in [-0.15, -0.1) is 13.2 Å². The van der Waals surface area contributed by atoms with Gasteiger partial charge in [0.05, 0.1) is 30.7 Å². The van der Waals surface area contributed by atoms with Crippen molar-refractivity contribution in [3.05, 3.63) is 47.9 Å². The van der Waals surface area contributed by atoms with Gasteiger partial charge in [0.15, 0.2) is 0 Å². The van der Waals surface area contributed by atoms with E-state index in [1.165, 1.54) is 17.0 Å². The van der Waals surface area contributed by atoms with Gasteiger partial charge >= 0.3 is 6.36 Å². The summed E-state index contributed by atoms with van der Waals surface area (Å²) in [6.45, 7) is 0.836. The summed E-state index contributed by atoms with van der Waals surface area (Å²) in [4.78, 5) is 37.7. The molecular weight excluding hydrogens is 453 g/mol. The van der Waals surface area contributed by atoms with E-state index in [1.54, 1.807) is 17.3 Å². The third-order valence-corrected chi connectivity index (χ3v) is 6.26. The van der Waals surface area contributed by atoms with Crippen molar-refractivity contribution in [1.29, 1.82) is 0 Å². The molecule has 3 aliphatic rings. The Bertz CT molecular complexity index is 1070. The van der Waals surface area contributed by atoms with Crippen LogP contribution in [-0.4, -0.2) is 69.7 Å². The number of amides is 2. The van der Waals surface area contributed by atoms with Crippen molar-refractivity contribution in [2.24, 2.45) is 0 Å². The SMILES string of the molecule is O=C(c1cccc(OC(F)(F)F)c1)N1CCC(=O)N2C[C@@H](Oc3cnc(C4CC4)cn3)C[C@H]2C1. The van der Waals surface area contributed by atoms with E-state index in [1.807, 2.05) is 0 Å². The quantitative estimate of drug-likeness (QED) is 0.659. The minimum Gasteiger partial charge on any atom is -0.471 e. The van der Waals surface area contributed by atoms with Crippen LogP contribution in [0.25, 0.3) is 0 Å². The average molecular weight is 476 g/mol. The number of halogens is 3. The van der Waals surface area contributed by atoms with Gasteiger partial charge < -0.3 is 19.3 Å². The zero-order valence-electron chi connectivity index (χ0n) is 18.2. The topological polar surface area (TPSA) is 84.9 Å². The van der Waals surface area contributed by atoms with Crippen LogP contribution in [0.4, 0.5) is 13.2 Å². The number of ether oxygens (including phenoxy) is 2. The summed E-state index contributed by atoms with van der Waals surface area (Å²) in [6, 6.07) is 4.71. The third-order valence-electron chi connectivity index (χ3n) is 6.26. The van der Waals surface area contributed by atoms with Crippen LogP contribution >= 0.6 is 0 Å². The van der Waals surface area contributed by atoms with E-state index >= 15 is 0 Å². The van der Waals surface area contributed by atoms with Crippen LogP contribution in [0.1, 0.15) is 47.7 Å². The van der Waals surface area contributed by atoms with E-state index in [0.717, 1.165) is 30.7 Å². The van der Waals surface area contributed by atoms with Gasteiger partial charge in [0.25, 0.3) is 5.91 Å². The summed E-state index contributed by atoms with van der Waals surface area (Å²) in [5.41, 5.74) is 1.03. The molecular formula is C23H23F3N4O4. The fourth-order valence-electron chi connectivity index (χ4n) is 4.50. The van der Waals surface area contributed by atoms with Gasteiger partial charge in [-0.3, -0.25) is 14.6 Å². The van der Waals surface area contributed by atoms with Crippen LogP contribution in [0, 0.1) is 0 Å². The number of hydrogen-bond acceptors (Lipinski definition) is 6. The molecule has 0 radical (unpaired) electrons. The molecule has 2 saturated heterocycles. The first-order valence-electron chi connectivity index (χ1n) is 11.2. The minimum absolute atomic E-state index is 0.0690. The lowest BCUT2D eigenvalue weighted by molar-refractivity contribution is -0.274. The van der Waals surface area contributed by atoms with Gasteiger partial charge in [0.2, 0.25) is 11.8 Å². The molecule has 0 bridgehead atoms. The Hall–Kier alpha value is -3.37. The predicted molar refractivity (Wildman–Crippen MR) is 112 cm³/mol. The fraction of sp³-hybridized carbons (Fsp3) is 0.478. The molecule has 1 aromatic carbocycles. The largest absolute Gasteiger partial charge is 0.573 e. The van der Waals surface area contributed by atoms with Gasteiger partial charge in [-0.1, -0.05) is 6.07 Å². The zero-order chi connectivity index (χ0) is 23.9. The Balaban J connectivity index is 1.24. The summed E-state index contributed by atoms with van der Waals surface area (Å²) < 4.78 is 47.5. The van der Waals surface area contributed by atoms with E-state index < -0.39 is 18.0 Å². The van der Waals surface area contributed by atoms with Gasteiger partial charge in [0.1, 0.15) is 11.9 Å². The molecule has 8 nitrogen and oxygen atoms in total. The Morgan fingerprint density at radius 1 is 1.12 bits per heavy atom. The maximum Gasteiger partial charge on any atom is 0.573 e. The first-order chi connectivity index (χ1) is 16.2. The number of carbonyl (C=O) groups is 2. The number of aromatic nitrogens is 2. The molecule has 1 aromatic heterocycles. The number of carbonyl (C=O) groups excluding carboxylic acids is 2. The molecule has 5 rings (SSSR count). The first-order valence-corrected chi connectivity index (χ1v) is 11.2. The molecule has 2 aliphatic heterocycles. The second-order valence-corrected chi connectivity index (χ2v) is 8.81. The molecule has 180 valence electrons. The molecule has 2 aromatic rings. The van der Waals surface area contributed by atoms with E-state index in [2.05, 4.69) is 14.7 Å². The van der Waals surface area contributed by atoms with Crippen LogP contribution in [0.3, 0.4) is 0 Å². The molecule has 2 amide bonds. The number of hydrogen-bond donors (Lipinski definition) is 0. The summed E-state index contributed by atoms with van der Waals surface area (Å²) >= 11 is 0. The van der Waals surface area contributed by atoms with Gasteiger partial charge in [-0.25, -0.2) is 4.98 Å². The average Bonchev–Trinajstić information content (AvgIpc) is 3.58. The molecule has 0 N–H and O–H groups in total. The smallest absolute Gasteiger partial charge is 0.471 e. The Morgan fingerprint density at radius 3 is 2.65 bits per heavy atom. The number of alkyl halides is 3. The molecule has 0 unspecified atom stereocenters. The van der Waals surface area contributed by atoms with Crippen LogP contribution in [0.5, 0.6) is 11.6 Å².